The van der Waals surface area contributed by atoms with E-state index in [1.165, 1.54) is 5.56 Å². The predicted octanol–water partition coefficient (Wildman–Crippen LogP) is 10.8. The lowest BCUT2D eigenvalue weighted by molar-refractivity contribution is 0.998. The molecule has 0 saturated carbocycles. The summed E-state index contributed by atoms with van der Waals surface area (Å²) >= 11 is 0. The number of anilines is 3. The van der Waals surface area contributed by atoms with E-state index in [9.17, 15) is 5.26 Å². The van der Waals surface area contributed by atoms with Gasteiger partial charge in [-0.2, -0.15) is 5.26 Å². The summed E-state index contributed by atoms with van der Waals surface area (Å²) in [5.41, 5.74) is 11.5. The van der Waals surface area contributed by atoms with E-state index >= 15 is 0 Å². The van der Waals surface area contributed by atoms with Crippen LogP contribution in [0.1, 0.15) is 48.6 Å². The first kappa shape index (κ1) is 30.6. The molecule has 4 aromatic rings. The molecule has 0 aliphatic carbocycles. The lowest BCUT2D eigenvalue weighted by Crippen LogP contribution is -2.21. The van der Waals surface area contributed by atoms with Crippen molar-refractivity contribution in [2.75, 3.05) is 16.3 Å². The lowest BCUT2D eigenvalue weighted by Gasteiger charge is -2.31. The number of hydrogen-bond acceptors (Lipinski definition) is 3. The first-order chi connectivity index (χ1) is 21.0. The second-order valence-corrected chi connectivity index (χ2v) is 10.2. The van der Waals surface area contributed by atoms with Gasteiger partial charge < -0.3 is 9.80 Å². The van der Waals surface area contributed by atoms with Crippen molar-refractivity contribution in [3.05, 3.63) is 157 Å². The normalized spacial score (nSPS) is 12.6. The number of allylic oxidation sites excluding steroid dienone is 4. The Morgan fingerprint density at radius 1 is 0.930 bits per heavy atom. The lowest BCUT2D eigenvalue weighted by atomic mass is 9.88. The number of benzene rings is 4. The Hall–Kier alpha value is -5.33. The maximum atomic E-state index is 9.40. The average molecular weight is 562 g/mol. The van der Waals surface area contributed by atoms with E-state index in [2.05, 4.69) is 129 Å². The van der Waals surface area contributed by atoms with Gasteiger partial charge >= 0.3 is 0 Å². The fourth-order valence-electron chi connectivity index (χ4n) is 6.00. The molecule has 0 N–H and O–H groups in total. The summed E-state index contributed by atoms with van der Waals surface area (Å²) in [6.45, 7) is 25.9. The van der Waals surface area contributed by atoms with E-state index < -0.39 is 0 Å². The third kappa shape index (κ3) is 5.61. The summed E-state index contributed by atoms with van der Waals surface area (Å²) < 4.78 is 0. The summed E-state index contributed by atoms with van der Waals surface area (Å²) in [7, 11) is 0. The Kier molecular flexibility index (Phi) is 9.65. The number of nitriles is 1. The zero-order valence-corrected chi connectivity index (χ0v) is 25.5. The smallest absolute Gasteiger partial charge is 0.0991 e. The Morgan fingerprint density at radius 3 is 2.23 bits per heavy atom. The van der Waals surface area contributed by atoms with E-state index in [1.807, 2.05) is 37.3 Å². The molecule has 0 unspecified atom stereocenters. The van der Waals surface area contributed by atoms with Crippen molar-refractivity contribution in [2.24, 2.45) is 0 Å². The molecule has 0 spiro atoms. The highest BCUT2D eigenvalue weighted by Gasteiger charge is 2.26. The van der Waals surface area contributed by atoms with Crippen molar-refractivity contribution >= 4 is 45.2 Å². The van der Waals surface area contributed by atoms with Crippen molar-refractivity contribution in [1.29, 1.82) is 5.26 Å². The molecule has 3 heteroatoms. The van der Waals surface area contributed by atoms with Crippen LogP contribution in [0.2, 0.25) is 0 Å². The van der Waals surface area contributed by atoms with Gasteiger partial charge in [0.25, 0.3) is 0 Å². The SMILES string of the molecule is C=C.C=C/C(=C\C)N(/C(=C/C)c1ccc2ccc(N3CCc4cc(C#N)ccc43)c(C=C)c2c1C(=C)C)c1ccccc1. The number of hydrogen-bond donors (Lipinski definition) is 0. The minimum atomic E-state index is 0.698. The molecule has 1 aliphatic rings. The molecule has 1 heterocycles. The summed E-state index contributed by atoms with van der Waals surface area (Å²) in [5, 5.41) is 11.7. The van der Waals surface area contributed by atoms with Crippen LogP contribution in [0.3, 0.4) is 0 Å². The molecule has 1 aliphatic heterocycles. The second kappa shape index (κ2) is 13.6. The van der Waals surface area contributed by atoms with E-state index in [0.29, 0.717) is 5.56 Å². The molecular weight excluding hydrogens is 522 g/mol. The van der Waals surface area contributed by atoms with Crippen molar-refractivity contribution in [2.45, 2.75) is 27.2 Å². The Morgan fingerprint density at radius 2 is 1.63 bits per heavy atom. The van der Waals surface area contributed by atoms with Crippen LogP contribution in [-0.2, 0) is 6.42 Å². The van der Waals surface area contributed by atoms with Crippen molar-refractivity contribution in [3.8, 4) is 6.07 Å². The summed E-state index contributed by atoms with van der Waals surface area (Å²) in [6.07, 6.45) is 9.01. The van der Waals surface area contributed by atoms with Gasteiger partial charge in [0.1, 0.15) is 0 Å². The van der Waals surface area contributed by atoms with Gasteiger partial charge in [-0.3, -0.25) is 0 Å². The number of nitrogens with zero attached hydrogens (tertiary/aromatic N) is 3. The maximum Gasteiger partial charge on any atom is 0.0991 e. The Bertz CT molecular complexity index is 1800. The zero-order chi connectivity index (χ0) is 31.1. The summed E-state index contributed by atoms with van der Waals surface area (Å²) in [6, 6.07) is 27.4. The van der Waals surface area contributed by atoms with Crippen molar-refractivity contribution < 1.29 is 0 Å². The van der Waals surface area contributed by atoms with Crippen LogP contribution in [-0.4, -0.2) is 6.54 Å². The highest BCUT2D eigenvalue weighted by atomic mass is 15.2. The molecule has 0 atom stereocenters. The fourth-order valence-corrected chi connectivity index (χ4v) is 6.00. The van der Waals surface area contributed by atoms with E-state index in [-0.39, 0.29) is 0 Å². The van der Waals surface area contributed by atoms with Gasteiger partial charge in [-0.15, -0.1) is 13.2 Å². The molecule has 0 amide bonds. The fraction of sp³-hybridized carbons (Fsp3) is 0.125. The predicted molar refractivity (Wildman–Crippen MR) is 188 cm³/mol. The Labute approximate surface area is 257 Å². The molecule has 5 rings (SSSR count). The van der Waals surface area contributed by atoms with Crippen LogP contribution in [0.5, 0.6) is 0 Å². The molecule has 214 valence electrons. The highest BCUT2D eigenvalue weighted by Crippen LogP contribution is 2.44. The molecule has 0 radical (unpaired) electrons. The van der Waals surface area contributed by atoms with Crippen LogP contribution in [0.4, 0.5) is 17.1 Å². The molecule has 3 nitrogen and oxygen atoms in total. The largest absolute Gasteiger partial charge is 0.340 e. The molecule has 4 aromatic carbocycles. The van der Waals surface area contributed by atoms with Crippen LogP contribution >= 0.6 is 0 Å². The minimum Gasteiger partial charge on any atom is -0.340 e. The molecule has 43 heavy (non-hydrogen) atoms. The van der Waals surface area contributed by atoms with Crippen LogP contribution in [0.15, 0.2) is 130 Å². The first-order valence-corrected chi connectivity index (χ1v) is 14.5. The third-order valence-electron chi connectivity index (χ3n) is 7.80. The minimum absolute atomic E-state index is 0.698. The van der Waals surface area contributed by atoms with E-state index in [0.717, 1.165) is 74.5 Å². The average Bonchev–Trinajstić information content (AvgIpc) is 3.48. The second-order valence-electron chi connectivity index (χ2n) is 10.2. The summed E-state index contributed by atoms with van der Waals surface area (Å²) in [5.74, 6) is 0. The summed E-state index contributed by atoms with van der Waals surface area (Å²) in [4.78, 5) is 4.60. The van der Waals surface area contributed by atoms with Crippen LogP contribution in [0, 0.1) is 11.3 Å². The monoisotopic (exact) mass is 561 g/mol. The molecular formula is C40H39N3. The molecule has 0 saturated heterocycles. The molecule has 0 aromatic heterocycles. The standard InChI is InChI=1S/C38H35N3.C2H4/c1-7-30(8-2)41(31-14-12-11-13-15-31)34(10-4)33-19-17-28-18-21-36(32(9-3)38(28)37(33)26(5)6)40-23-22-29-24-27(25-39)16-20-35(29)40;1-2/h7-21,24H,1,3,5,22-23H2,2,4,6H3;1-2H2/b30-8+,34-10+;. The van der Waals surface area contributed by atoms with Crippen molar-refractivity contribution in [1.82, 2.24) is 0 Å². The van der Waals surface area contributed by atoms with E-state index in [4.69, 9.17) is 0 Å². The number of fused-ring (bicyclic) bond motifs is 2. The third-order valence-corrected chi connectivity index (χ3v) is 7.80. The Balaban J connectivity index is 0.00000207. The maximum absolute atomic E-state index is 9.40. The molecule has 0 fully saturated rings. The quantitative estimate of drug-likeness (QED) is 0.158. The first-order valence-electron chi connectivity index (χ1n) is 14.5. The van der Waals surface area contributed by atoms with Gasteiger partial charge in [0.15, 0.2) is 0 Å². The number of rotatable bonds is 8. The highest BCUT2D eigenvalue weighted by molar-refractivity contribution is 6.07. The van der Waals surface area contributed by atoms with Gasteiger partial charge in [-0.05, 0) is 97.1 Å². The number of para-hydroxylation sites is 1. The van der Waals surface area contributed by atoms with Gasteiger partial charge in [0.2, 0.25) is 0 Å². The topological polar surface area (TPSA) is 30.3 Å². The van der Waals surface area contributed by atoms with Gasteiger partial charge in [0, 0.05) is 46.1 Å². The van der Waals surface area contributed by atoms with Gasteiger partial charge in [-0.25, -0.2) is 0 Å². The van der Waals surface area contributed by atoms with E-state index in [1.54, 1.807) is 0 Å². The molecule has 0 bridgehead atoms. The van der Waals surface area contributed by atoms with Crippen LogP contribution < -0.4 is 9.80 Å². The van der Waals surface area contributed by atoms with Crippen LogP contribution in [0.25, 0.3) is 28.1 Å². The van der Waals surface area contributed by atoms with Gasteiger partial charge in [-0.1, -0.05) is 74.4 Å². The van der Waals surface area contributed by atoms with Gasteiger partial charge in [0.05, 0.1) is 11.6 Å². The zero-order valence-electron chi connectivity index (χ0n) is 25.5. The van der Waals surface area contributed by atoms with Crippen molar-refractivity contribution in [3.63, 3.8) is 0 Å².